The number of unbranched alkanes of at least 4 members (excludes halogenated alkanes) is 2. The monoisotopic (exact) mass is 332 g/mol. The number of allylic oxidation sites excluding steroid dienone is 1. The number of carbonyl (C=O) groups is 1. The molecule has 132 valence electrons. The summed E-state index contributed by atoms with van der Waals surface area (Å²) in [5.41, 5.74) is 8.69. The second kappa shape index (κ2) is 10.5. The molecule has 0 spiro atoms. The van der Waals surface area contributed by atoms with Gasteiger partial charge in [0.1, 0.15) is 0 Å². The molecule has 0 radical (unpaired) electrons. The largest absolute Gasteiger partial charge is 0.290 e. The molecule has 8 N–H and O–H groups in total. The van der Waals surface area contributed by atoms with Crippen LogP contribution >= 0.6 is 0 Å². The predicted molar refractivity (Wildman–Crippen MR) is 97.3 cm³/mol. The van der Waals surface area contributed by atoms with Gasteiger partial charge in [-0.3, -0.25) is 27.3 Å². The predicted octanol–water partition coefficient (Wildman–Crippen LogP) is 1.39. The number of carbonyl (C=O) groups excluding carboxylic acids is 1. The quantitative estimate of drug-likeness (QED) is 0.232. The second-order valence-electron chi connectivity index (χ2n) is 5.53. The molecule has 1 aromatic carbocycles. The minimum absolute atomic E-state index is 0.136. The molecule has 0 saturated carbocycles. The maximum atomic E-state index is 12.2. The van der Waals surface area contributed by atoms with Crippen molar-refractivity contribution in [3.05, 3.63) is 47.2 Å². The lowest BCUT2D eigenvalue weighted by Gasteiger charge is -2.27. The van der Waals surface area contributed by atoms with Crippen LogP contribution in [0.25, 0.3) is 0 Å². The standard InChI is InChI=1S/C17H24N4O.H4N2/c1-3-4-6-11-14-16(13-9-7-5-8-10-13)15(17(22)19-18)12(2)20-21-14;1-2/h5,7-10,16,20H,3-4,6,11,18H2,1-2H3,(H,19,22);1-2H2. The number of benzene rings is 1. The van der Waals surface area contributed by atoms with Gasteiger partial charge in [0.25, 0.3) is 5.91 Å². The summed E-state index contributed by atoms with van der Waals surface area (Å²) in [6.07, 6.45) is 4.25. The molecule has 0 aliphatic carbocycles. The molecule has 1 amide bonds. The van der Waals surface area contributed by atoms with Crippen LogP contribution in [0.4, 0.5) is 0 Å². The van der Waals surface area contributed by atoms with E-state index in [1.165, 1.54) is 0 Å². The number of hydrazine groups is 2. The third-order valence-electron chi connectivity index (χ3n) is 3.94. The van der Waals surface area contributed by atoms with Gasteiger partial charge in [-0.05, 0) is 25.3 Å². The zero-order chi connectivity index (χ0) is 17.9. The molecule has 2 rings (SSSR count). The van der Waals surface area contributed by atoms with E-state index in [4.69, 9.17) is 5.84 Å². The highest BCUT2D eigenvalue weighted by atomic mass is 16.2. The van der Waals surface area contributed by atoms with Gasteiger partial charge >= 0.3 is 0 Å². The highest BCUT2D eigenvalue weighted by Gasteiger charge is 2.31. The van der Waals surface area contributed by atoms with Crippen molar-refractivity contribution in [2.45, 2.75) is 45.4 Å². The van der Waals surface area contributed by atoms with Gasteiger partial charge in [0.15, 0.2) is 0 Å². The van der Waals surface area contributed by atoms with Gasteiger partial charge < -0.3 is 0 Å². The molecule has 1 aromatic rings. The number of nitrogens with zero attached hydrogens (tertiary/aromatic N) is 1. The van der Waals surface area contributed by atoms with E-state index < -0.39 is 0 Å². The van der Waals surface area contributed by atoms with Crippen molar-refractivity contribution in [3.63, 3.8) is 0 Å². The molecule has 1 unspecified atom stereocenters. The third kappa shape index (κ3) is 4.89. The normalized spacial score (nSPS) is 16.5. The number of nitrogens with two attached hydrogens (primary N) is 3. The molecule has 24 heavy (non-hydrogen) atoms. The van der Waals surface area contributed by atoms with Crippen LogP contribution in [0.5, 0.6) is 0 Å². The molecule has 0 aromatic heterocycles. The van der Waals surface area contributed by atoms with E-state index in [0.29, 0.717) is 5.57 Å². The number of nitrogens with one attached hydrogen (secondary N) is 2. The minimum Gasteiger partial charge on any atom is -0.290 e. The Morgan fingerprint density at radius 2 is 1.92 bits per heavy atom. The highest BCUT2D eigenvalue weighted by molar-refractivity contribution is 6.06. The topological polar surface area (TPSA) is 132 Å². The zero-order valence-electron chi connectivity index (χ0n) is 14.4. The van der Waals surface area contributed by atoms with Crippen LogP contribution in [0.2, 0.25) is 0 Å². The van der Waals surface area contributed by atoms with Crippen LogP contribution in [-0.4, -0.2) is 11.6 Å². The Hall–Kier alpha value is -2.22. The van der Waals surface area contributed by atoms with Crippen molar-refractivity contribution in [1.82, 2.24) is 10.9 Å². The number of amides is 1. The lowest BCUT2D eigenvalue weighted by atomic mass is 9.82. The maximum absolute atomic E-state index is 12.2. The Morgan fingerprint density at radius 1 is 1.25 bits per heavy atom. The van der Waals surface area contributed by atoms with E-state index in [-0.39, 0.29) is 11.8 Å². The SMILES string of the molecule is CCCCCC1=NNC(C)=C(C(=O)NN)C1c1ccccc1.NN. The molecule has 1 atom stereocenters. The number of hydrogen-bond donors (Lipinski definition) is 5. The summed E-state index contributed by atoms with van der Waals surface area (Å²) in [6.45, 7) is 4.03. The van der Waals surface area contributed by atoms with Gasteiger partial charge in [0.2, 0.25) is 0 Å². The molecule has 1 heterocycles. The van der Waals surface area contributed by atoms with E-state index in [1.807, 2.05) is 37.3 Å². The molecule has 7 nitrogen and oxygen atoms in total. The fourth-order valence-electron chi connectivity index (χ4n) is 2.80. The Bertz CT molecular complexity index is 582. The summed E-state index contributed by atoms with van der Waals surface area (Å²) >= 11 is 0. The summed E-state index contributed by atoms with van der Waals surface area (Å²) in [4.78, 5) is 12.2. The van der Waals surface area contributed by atoms with Crippen LogP contribution in [0.15, 0.2) is 46.7 Å². The molecular formula is C17H28N6O. The summed E-state index contributed by atoms with van der Waals surface area (Å²) < 4.78 is 0. The fraction of sp³-hybridized carbons (Fsp3) is 0.412. The second-order valence-corrected chi connectivity index (χ2v) is 5.53. The van der Waals surface area contributed by atoms with Crippen LogP contribution in [0.1, 0.15) is 51.0 Å². The van der Waals surface area contributed by atoms with Gasteiger partial charge in [-0.2, -0.15) is 5.10 Å². The number of hydrazone groups is 1. The molecule has 0 bridgehead atoms. The lowest BCUT2D eigenvalue weighted by molar-refractivity contribution is -0.117. The van der Waals surface area contributed by atoms with Crippen molar-refractivity contribution in [3.8, 4) is 0 Å². The average Bonchev–Trinajstić information content (AvgIpc) is 2.64. The molecule has 1 aliphatic rings. The summed E-state index contributed by atoms with van der Waals surface area (Å²) in [7, 11) is 0. The van der Waals surface area contributed by atoms with Crippen molar-refractivity contribution in [1.29, 1.82) is 0 Å². The van der Waals surface area contributed by atoms with E-state index in [9.17, 15) is 4.79 Å². The van der Waals surface area contributed by atoms with Gasteiger partial charge in [-0.25, -0.2) is 5.84 Å². The van der Waals surface area contributed by atoms with Gasteiger partial charge in [0.05, 0.1) is 17.2 Å². The third-order valence-corrected chi connectivity index (χ3v) is 3.94. The van der Waals surface area contributed by atoms with E-state index in [0.717, 1.165) is 42.7 Å². The van der Waals surface area contributed by atoms with Gasteiger partial charge in [0, 0.05) is 5.70 Å². The van der Waals surface area contributed by atoms with Crippen molar-refractivity contribution >= 4 is 11.6 Å². The maximum Gasteiger partial charge on any atom is 0.263 e. The lowest BCUT2D eigenvalue weighted by Crippen LogP contribution is -2.38. The van der Waals surface area contributed by atoms with Crippen LogP contribution in [-0.2, 0) is 4.79 Å². The molecular weight excluding hydrogens is 304 g/mol. The number of rotatable bonds is 6. The Kier molecular flexibility index (Phi) is 8.70. The van der Waals surface area contributed by atoms with Crippen molar-refractivity contribution in [2.75, 3.05) is 0 Å². The molecule has 7 heteroatoms. The minimum atomic E-state index is -0.262. The van der Waals surface area contributed by atoms with Crippen molar-refractivity contribution < 1.29 is 4.79 Å². The smallest absolute Gasteiger partial charge is 0.263 e. The first-order valence-corrected chi connectivity index (χ1v) is 8.11. The van der Waals surface area contributed by atoms with E-state index in [2.05, 4.69) is 34.6 Å². The van der Waals surface area contributed by atoms with Crippen LogP contribution < -0.4 is 28.4 Å². The Morgan fingerprint density at radius 3 is 2.50 bits per heavy atom. The summed E-state index contributed by atoms with van der Waals surface area (Å²) in [5, 5.41) is 4.49. The average molecular weight is 332 g/mol. The fourth-order valence-corrected chi connectivity index (χ4v) is 2.80. The highest BCUT2D eigenvalue weighted by Crippen LogP contribution is 2.32. The van der Waals surface area contributed by atoms with Crippen molar-refractivity contribution in [2.24, 2.45) is 22.6 Å². The zero-order valence-corrected chi connectivity index (χ0v) is 14.4. The molecule has 1 aliphatic heterocycles. The molecule has 0 fully saturated rings. The molecule has 0 saturated heterocycles. The Balaban J connectivity index is 0.00000139. The van der Waals surface area contributed by atoms with E-state index >= 15 is 0 Å². The number of hydrogen-bond acceptors (Lipinski definition) is 6. The van der Waals surface area contributed by atoms with Gasteiger partial charge in [-0.15, -0.1) is 0 Å². The van der Waals surface area contributed by atoms with E-state index in [1.54, 1.807) is 0 Å². The van der Waals surface area contributed by atoms with Crippen LogP contribution in [0, 0.1) is 0 Å². The van der Waals surface area contributed by atoms with Gasteiger partial charge in [-0.1, -0.05) is 50.1 Å². The first-order valence-electron chi connectivity index (χ1n) is 8.11. The van der Waals surface area contributed by atoms with Crippen LogP contribution in [0.3, 0.4) is 0 Å². The Labute approximate surface area is 143 Å². The first-order chi connectivity index (χ1) is 11.7. The summed E-state index contributed by atoms with van der Waals surface area (Å²) in [6, 6.07) is 9.99. The first kappa shape index (κ1) is 19.8. The summed E-state index contributed by atoms with van der Waals surface area (Å²) in [5.74, 6) is 13.0.